The standard InChI is InChI=1S/C19H19N5OS/c1-26-10-9-16(18-21-14-7-2-3-8-15(14)22-18)23-19(25)13-6-4-5-12-11-20-24-17(12)13/h2-8,11,16H,9-10H2,1H3,(H,20,24)(H,21,22)(H,23,25). The highest BCUT2D eigenvalue weighted by atomic mass is 32.2. The summed E-state index contributed by atoms with van der Waals surface area (Å²) >= 11 is 1.75. The van der Waals surface area contributed by atoms with Crippen LogP contribution in [-0.4, -0.2) is 38.1 Å². The van der Waals surface area contributed by atoms with E-state index in [0.29, 0.717) is 5.56 Å². The average molecular weight is 365 g/mol. The number of H-pyrrole nitrogens is 2. The summed E-state index contributed by atoms with van der Waals surface area (Å²) in [6, 6.07) is 13.3. The van der Waals surface area contributed by atoms with E-state index in [9.17, 15) is 4.79 Å². The van der Waals surface area contributed by atoms with E-state index < -0.39 is 0 Å². The van der Waals surface area contributed by atoms with E-state index in [-0.39, 0.29) is 11.9 Å². The van der Waals surface area contributed by atoms with Crippen molar-refractivity contribution in [2.75, 3.05) is 12.0 Å². The minimum atomic E-state index is -0.180. The molecule has 0 fully saturated rings. The number of thioether (sulfide) groups is 1. The van der Waals surface area contributed by atoms with Gasteiger partial charge in [-0.2, -0.15) is 16.9 Å². The molecular formula is C19H19N5OS. The minimum absolute atomic E-state index is 0.133. The van der Waals surface area contributed by atoms with Gasteiger partial charge in [-0.15, -0.1) is 0 Å². The molecule has 0 saturated carbocycles. The zero-order valence-electron chi connectivity index (χ0n) is 14.3. The number of rotatable bonds is 6. The first kappa shape index (κ1) is 16.7. The lowest BCUT2D eigenvalue weighted by Gasteiger charge is -2.16. The molecule has 1 unspecified atom stereocenters. The zero-order chi connectivity index (χ0) is 17.9. The van der Waals surface area contributed by atoms with Crippen molar-refractivity contribution in [3.05, 3.63) is 60.0 Å². The molecule has 0 radical (unpaired) electrons. The predicted octanol–water partition coefficient (Wildman–Crippen LogP) is 3.66. The molecule has 0 aliphatic carbocycles. The fourth-order valence-electron chi connectivity index (χ4n) is 3.04. The fraction of sp³-hybridized carbons (Fsp3) is 0.211. The number of aromatic nitrogens is 4. The lowest BCUT2D eigenvalue weighted by atomic mass is 10.1. The highest BCUT2D eigenvalue weighted by Crippen LogP contribution is 2.22. The summed E-state index contributed by atoms with van der Waals surface area (Å²) in [5, 5.41) is 11.0. The molecule has 0 bridgehead atoms. The molecule has 2 aromatic carbocycles. The quantitative estimate of drug-likeness (QED) is 0.487. The topological polar surface area (TPSA) is 86.5 Å². The predicted molar refractivity (Wildman–Crippen MR) is 105 cm³/mol. The summed E-state index contributed by atoms with van der Waals surface area (Å²) in [6.45, 7) is 0. The van der Waals surface area contributed by atoms with Crippen LogP contribution in [0.5, 0.6) is 0 Å². The van der Waals surface area contributed by atoms with Crippen molar-refractivity contribution >= 4 is 39.6 Å². The largest absolute Gasteiger partial charge is 0.342 e. The SMILES string of the molecule is CSCCC(NC(=O)c1cccc2cn[nH]c12)c1nc2ccccc2[nH]1. The maximum absolute atomic E-state index is 12.9. The number of carbonyl (C=O) groups is 1. The van der Waals surface area contributed by atoms with Crippen molar-refractivity contribution < 1.29 is 4.79 Å². The van der Waals surface area contributed by atoms with Gasteiger partial charge in [-0.05, 0) is 36.6 Å². The molecule has 1 atom stereocenters. The maximum Gasteiger partial charge on any atom is 0.254 e. The third kappa shape index (κ3) is 3.17. The Hall–Kier alpha value is -2.80. The normalized spacial score (nSPS) is 12.5. The van der Waals surface area contributed by atoms with Crippen LogP contribution in [0.3, 0.4) is 0 Å². The van der Waals surface area contributed by atoms with E-state index in [1.54, 1.807) is 24.0 Å². The van der Waals surface area contributed by atoms with Gasteiger partial charge in [0, 0.05) is 5.39 Å². The van der Waals surface area contributed by atoms with Gasteiger partial charge >= 0.3 is 0 Å². The highest BCUT2D eigenvalue weighted by molar-refractivity contribution is 7.98. The van der Waals surface area contributed by atoms with Gasteiger partial charge in [0.15, 0.2) is 0 Å². The summed E-state index contributed by atoms with van der Waals surface area (Å²) in [5.41, 5.74) is 3.21. The van der Waals surface area contributed by atoms with Gasteiger partial charge in [0.2, 0.25) is 0 Å². The van der Waals surface area contributed by atoms with Crippen LogP contribution >= 0.6 is 11.8 Å². The molecule has 3 N–H and O–H groups in total. The van der Waals surface area contributed by atoms with Gasteiger partial charge in [0.1, 0.15) is 5.82 Å². The van der Waals surface area contributed by atoms with E-state index in [1.165, 1.54) is 0 Å². The van der Waals surface area contributed by atoms with Crippen molar-refractivity contribution in [3.63, 3.8) is 0 Å². The number of para-hydroxylation sites is 3. The van der Waals surface area contributed by atoms with Crippen LogP contribution in [0, 0.1) is 0 Å². The molecule has 2 heterocycles. The van der Waals surface area contributed by atoms with Crippen LogP contribution in [0.25, 0.3) is 21.9 Å². The molecule has 2 aromatic heterocycles. The van der Waals surface area contributed by atoms with Crippen LogP contribution in [0.2, 0.25) is 0 Å². The second-order valence-corrected chi connectivity index (χ2v) is 7.07. The van der Waals surface area contributed by atoms with Crippen molar-refractivity contribution in [3.8, 4) is 0 Å². The molecule has 132 valence electrons. The molecule has 0 saturated heterocycles. The van der Waals surface area contributed by atoms with Crippen LogP contribution in [0.4, 0.5) is 0 Å². The Bertz CT molecular complexity index is 1020. The zero-order valence-corrected chi connectivity index (χ0v) is 15.1. The first-order valence-corrected chi connectivity index (χ1v) is 9.82. The monoisotopic (exact) mass is 365 g/mol. The van der Waals surface area contributed by atoms with Crippen LogP contribution in [-0.2, 0) is 0 Å². The van der Waals surface area contributed by atoms with Gasteiger partial charge < -0.3 is 10.3 Å². The number of benzene rings is 2. The molecule has 26 heavy (non-hydrogen) atoms. The summed E-state index contributed by atoms with van der Waals surface area (Å²) in [5.74, 6) is 1.58. The Morgan fingerprint density at radius 1 is 1.23 bits per heavy atom. The number of amides is 1. The molecule has 7 heteroatoms. The summed E-state index contributed by atoms with van der Waals surface area (Å²) in [7, 11) is 0. The molecule has 0 aliphatic rings. The number of fused-ring (bicyclic) bond motifs is 2. The minimum Gasteiger partial charge on any atom is -0.342 e. The van der Waals surface area contributed by atoms with Crippen molar-refractivity contribution in [1.29, 1.82) is 0 Å². The number of hydrogen-bond donors (Lipinski definition) is 3. The maximum atomic E-state index is 12.9. The fourth-order valence-corrected chi connectivity index (χ4v) is 3.52. The number of aromatic amines is 2. The number of imidazole rings is 1. The Labute approximate surface area is 154 Å². The Morgan fingerprint density at radius 2 is 2.12 bits per heavy atom. The van der Waals surface area contributed by atoms with E-state index in [4.69, 9.17) is 0 Å². The molecule has 0 spiro atoms. The van der Waals surface area contributed by atoms with Gasteiger partial charge in [-0.3, -0.25) is 9.89 Å². The second-order valence-electron chi connectivity index (χ2n) is 6.09. The van der Waals surface area contributed by atoms with Gasteiger partial charge in [0.05, 0.1) is 34.4 Å². The van der Waals surface area contributed by atoms with Crippen molar-refractivity contribution in [1.82, 2.24) is 25.5 Å². The van der Waals surface area contributed by atoms with Gasteiger partial charge in [-0.1, -0.05) is 24.3 Å². The summed E-state index contributed by atoms with van der Waals surface area (Å²) < 4.78 is 0. The van der Waals surface area contributed by atoms with Crippen molar-refractivity contribution in [2.45, 2.75) is 12.5 Å². The molecular weight excluding hydrogens is 346 g/mol. The third-order valence-electron chi connectivity index (χ3n) is 4.38. The van der Waals surface area contributed by atoms with E-state index in [0.717, 1.165) is 39.9 Å². The van der Waals surface area contributed by atoms with Crippen molar-refractivity contribution in [2.24, 2.45) is 0 Å². The number of hydrogen-bond acceptors (Lipinski definition) is 4. The Balaban J connectivity index is 1.64. The smallest absolute Gasteiger partial charge is 0.254 e. The molecule has 4 rings (SSSR count). The first-order valence-electron chi connectivity index (χ1n) is 8.43. The molecule has 1 amide bonds. The van der Waals surface area contributed by atoms with Crippen LogP contribution in [0.1, 0.15) is 28.6 Å². The number of nitrogens with one attached hydrogen (secondary N) is 3. The van der Waals surface area contributed by atoms with Crippen LogP contribution in [0.15, 0.2) is 48.7 Å². The molecule has 0 aliphatic heterocycles. The molecule has 6 nitrogen and oxygen atoms in total. The highest BCUT2D eigenvalue weighted by Gasteiger charge is 2.20. The summed E-state index contributed by atoms with van der Waals surface area (Å²) in [4.78, 5) is 20.9. The van der Waals surface area contributed by atoms with E-state index >= 15 is 0 Å². The van der Waals surface area contributed by atoms with Gasteiger partial charge in [-0.25, -0.2) is 4.98 Å². The van der Waals surface area contributed by atoms with Crippen LogP contribution < -0.4 is 5.32 Å². The van der Waals surface area contributed by atoms with E-state index in [1.807, 2.05) is 36.4 Å². The van der Waals surface area contributed by atoms with E-state index in [2.05, 4.69) is 31.7 Å². The first-order chi connectivity index (χ1) is 12.8. The molecule has 4 aromatic rings. The lowest BCUT2D eigenvalue weighted by Crippen LogP contribution is -2.30. The number of nitrogens with zero attached hydrogens (tertiary/aromatic N) is 2. The summed E-state index contributed by atoms with van der Waals surface area (Å²) in [6.07, 6.45) is 4.57. The third-order valence-corrected chi connectivity index (χ3v) is 5.02. The number of carbonyl (C=O) groups excluding carboxylic acids is 1. The average Bonchev–Trinajstić information content (AvgIpc) is 3.30. The second kappa shape index (κ2) is 7.21. The Morgan fingerprint density at radius 3 is 2.96 bits per heavy atom. The Kier molecular flexibility index (Phi) is 4.62. The lowest BCUT2D eigenvalue weighted by molar-refractivity contribution is 0.0935. The van der Waals surface area contributed by atoms with Gasteiger partial charge in [0.25, 0.3) is 5.91 Å².